The number of phenols is 2. The Morgan fingerprint density at radius 1 is 0.727 bits per heavy atom. The molecule has 0 heterocycles. The molecule has 0 fully saturated rings. The van der Waals surface area contributed by atoms with E-state index in [9.17, 15) is 36.2 Å². The maximum absolute atomic E-state index is 10.9. The van der Waals surface area contributed by atoms with E-state index in [0.29, 0.717) is 12.1 Å². The molecule has 22 heavy (non-hydrogen) atoms. The zero-order valence-electron chi connectivity index (χ0n) is 11.5. The Morgan fingerprint density at radius 2 is 1.05 bits per heavy atom. The van der Waals surface area contributed by atoms with Gasteiger partial charge in [-0.1, -0.05) is 0 Å². The molecule has 0 radical (unpaired) electrons. The van der Waals surface area contributed by atoms with E-state index in [0.717, 1.165) is 12.1 Å². The standard InChI is InChI=1S/C10H8O8S2.2Cs/c11-8-3-6(19(13,14)15)1-5-2-7(20(16,17)18)4-9(12)10(5)8;;/h1-4,11-12H,(H,13,14,15)(H,16,17,18);;/q;2*+1/p-2. The summed E-state index contributed by atoms with van der Waals surface area (Å²) in [6.45, 7) is 0. The van der Waals surface area contributed by atoms with Gasteiger partial charge in [-0.05, 0) is 29.7 Å². The summed E-state index contributed by atoms with van der Waals surface area (Å²) < 4.78 is 65.3. The molecule has 0 aliphatic carbocycles. The van der Waals surface area contributed by atoms with Crippen molar-refractivity contribution in [3.05, 3.63) is 24.3 Å². The summed E-state index contributed by atoms with van der Waals surface area (Å²) >= 11 is 0. The summed E-state index contributed by atoms with van der Waals surface area (Å²) in [6, 6.07) is 2.75. The number of benzene rings is 2. The first-order chi connectivity index (χ1) is 9.00. The first-order valence-electron chi connectivity index (χ1n) is 4.91. The smallest absolute Gasteiger partial charge is 0.744 e. The third-order valence-electron chi connectivity index (χ3n) is 2.53. The minimum atomic E-state index is -4.90. The van der Waals surface area contributed by atoms with Crippen LogP contribution < -0.4 is 138 Å². The molecule has 0 aliphatic heterocycles. The summed E-state index contributed by atoms with van der Waals surface area (Å²) in [5.74, 6) is -1.46. The first-order valence-corrected chi connectivity index (χ1v) is 7.73. The third kappa shape index (κ3) is 5.62. The molecule has 0 unspecified atom stereocenters. The average molecular weight is 584 g/mol. The fourth-order valence-electron chi connectivity index (χ4n) is 1.71. The predicted molar refractivity (Wildman–Crippen MR) is 63.2 cm³/mol. The number of hydrogen-bond donors (Lipinski definition) is 2. The van der Waals surface area contributed by atoms with Crippen LogP contribution >= 0.6 is 0 Å². The van der Waals surface area contributed by atoms with Crippen molar-refractivity contribution >= 4 is 31.0 Å². The topological polar surface area (TPSA) is 155 Å². The molecule has 0 amide bonds. The third-order valence-corrected chi connectivity index (χ3v) is 4.16. The molecule has 2 aromatic carbocycles. The van der Waals surface area contributed by atoms with Gasteiger partial charge in [0.2, 0.25) is 0 Å². The Hall–Kier alpha value is 2.22. The molecule has 2 N–H and O–H groups in total. The zero-order valence-corrected chi connectivity index (χ0v) is 25.7. The molecule has 0 spiro atoms. The van der Waals surface area contributed by atoms with Gasteiger partial charge in [0.15, 0.2) is 0 Å². The van der Waals surface area contributed by atoms with Crippen LogP contribution in [0.3, 0.4) is 0 Å². The predicted octanol–water partition coefficient (Wildman–Crippen LogP) is -5.93. The number of hydrogen-bond acceptors (Lipinski definition) is 8. The summed E-state index contributed by atoms with van der Waals surface area (Å²) in [5, 5.41) is 18.7. The molecule has 0 bridgehead atoms. The minimum absolute atomic E-state index is 0. The van der Waals surface area contributed by atoms with Crippen LogP contribution in [0, 0.1) is 0 Å². The molecule has 2 aromatic rings. The van der Waals surface area contributed by atoms with Gasteiger partial charge >= 0.3 is 138 Å². The van der Waals surface area contributed by atoms with Gasteiger partial charge in [-0.25, -0.2) is 16.8 Å². The maximum Gasteiger partial charge on any atom is 1.00 e. The normalized spacial score (nSPS) is 11.5. The molecular formula is C10H6Cs2O8S2. The van der Waals surface area contributed by atoms with Crippen molar-refractivity contribution in [3.8, 4) is 11.5 Å². The fraction of sp³-hybridized carbons (Fsp3) is 0. The van der Waals surface area contributed by atoms with Gasteiger partial charge in [-0.3, -0.25) is 0 Å². The number of rotatable bonds is 2. The summed E-state index contributed by atoms with van der Waals surface area (Å²) in [5.41, 5.74) is 0. The number of phenolic OH excluding ortho intramolecular Hbond substituents is 2. The molecule has 0 aromatic heterocycles. The van der Waals surface area contributed by atoms with Gasteiger partial charge in [0.05, 0.1) is 15.2 Å². The SMILES string of the molecule is O=S(=O)([O-])c1cc(O)c2c(O)cc(S(=O)(=O)[O-])cc2c1.[Cs+].[Cs+]. The minimum Gasteiger partial charge on any atom is -0.744 e. The second kappa shape index (κ2) is 8.74. The largest absolute Gasteiger partial charge is 1.00 e. The maximum atomic E-state index is 10.9. The average Bonchev–Trinajstić information content (AvgIpc) is 2.25. The summed E-state index contributed by atoms with van der Waals surface area (Å²) in [4.78, 5) is -1.63. The molecule has 0 saturated carbocycles. The Labute approximate surface area is 244 Å². The first kappa shape index (κ1) is 24.2. The van der Waals surface area contributed by atoms with Crippen molar-refractivity contribution in [1.29, 1.82) is 0 Å². The van der Waals surface area contributed by atoms with Crippen LogP contribution in [0.2, 0.25) is 0 Å². The fourth-order valence-corrected chi connectivity index (χ4v) is 2.76. The van der Waals surface area contributed by atoms with Gasteiger partial charge in [0.25, 0.3) is 0 Å². The van der Waals surface area contributed by atoms with Gasteiger partial charge in [0, 0.05) is 0 Å². The van der Waals surface area contributed by atoms with Crippen LogP contribution in [0.1, 0.15) is 0 Å². The molecule has 0 aliphatic rings. The van der Waals surface area contributed by atoms with Crippen molar-refractivity contribution in [2.75, 3.05) is 0 Å². The van der Waals surface area contributed by atoms with Gasteiger partial charge in [-0.2, -0.15) is 0 Å². The summed E-state index contributed by atoms with van der Waals surface area (Å²) in [7, 11) is -9.79. The van der Waals surface area contributed by atoms with E-state index in [-0.39, 0.29) is 149 Å². The van der Waals surface area contributed by atoms with E-state index in [1.165, 1.54) is 0 Å². The Kier molecular flexibility index (Phi) is 9.63. The van der Waals surface area contributed by atoms with E-state index in [1.54, 1.807) is 0 Å². The van der Waals surface area contributed by atoms with E-state index < -0.39 is 41.5 Å². The molecule has 12 heteroatoms. The van der Waals surface area contributed by atoms with Crippen molar-refractivity contribution in [1.82, 2.24) is 0 Å². The second-order valence-electron chi connectivity index (χ2n) is 3.89. The molecule has 2 rings (SSSR count). The van der Waals surface area contributed by atoms with Crippen LogP contribution in [0.25, 0.3) is 10.8 Å². The van der Waals surface area contributed by atoms with E-state index in [4.69, 9.17) is 0 Å². The van der Waals surface area contributed by atoms with Gasteiger partial charge < -0.3 is 19.3 Å². The Morgan fingerprint density at radius 3 is 1.32 bits per heavy atom. The molecule has 0 atom stereocenters. The van der Waals surface area contributed by atoms with Crippen molar-refractivity contribution in [2.45, 2.75) is 9.79 Å². The molecule has 8 nitrogen and oxygen atoms in total. The monoisotopic (exact) mass is 584 g/mol. The molecular weight excluding hydrogens is 578 g/mol. The molecule has 108 valence electrons. The van der Waals surface area contributed by atoms with Crippen LogP contribution in [-0.2, 0) is 20.2 Å². The van der Waals surface area contributed by atoms with Crippen molar-refractivity contribution in [3.63, 3.8) is 0 Å². The van der Waals surface area contributed by atoms with E-state index in [2.05, 4.69) is 0 Å². The van der Waals surface area contributed by atoms with Gasteiger partial charge in [-0.15, -0.1) is 0 Å². The van der Waals surface area contributed by atoms with Crippen LogP contribution in [0.5, 0.6) is 11.5 Å². The second-order valence-corrected chi connectivity index (χ2v) is 6.65. The van der Waals surface area contributed by atoms with Crippen LogP contribution in [0.4, 0.5) is 0 Å². The Balaban J connectivity index is 0.00000220. The van der Waals surface area contributed by atoms with Crippen LogP contribution in [0.15, 0.2) is 34.1 Å². The van der Waals surface area contributed by atoms with Crippen molar-refractivity contribution < 1.29 is 174 Å². The Bertz CT molecular complexity index is 849. The zero-order chi connectivity index (χ0) is 15.3. The van der Waals surface area contributed by atoms with Crippen molar-refractivity contribution in [2.24, 2.45) is 0 Å². The van der Waals surface area contributed by atoms with Gasteiger partial charge in [0.1, 0.15) is 31.7 Å². The summed E-state index contributed by atoms with van der Waals surface area (Å²) in [6.07, 6.45) is 0. The van der Waals surface area contributed by atoms with E-state index in [1.807, 2.05) is 0 Å². The quantitative estimate of drug-likeness (QED) is 0.331. The molecule has 0 saturated heterocycles. The van der Waals surface area contributed by atoms with E-state index >= 15 is 0 Å². The van der Waals surface area contributed by atoms with Crippen LogP contribution in [-0.4, -0.2) is 36.2 Å². The number of aromatic hydroxyl groups is 2. The number of fused-ring (bicyclic) bond motifs is 1.